The van der Waals surface area contributed by atoms with E-state index in [1.165, 1.54) is 0 Å². The molecule has 0 bridgehead atoms. The summed E-state index contributed by atoms with van der Waals surface area (Å²) in [6, 6.07) is 7.71. The molecule has 102 valence electrons. The largest absolute Gasteiger partial charge is 0.339 e. The van der Waals surface area contributed by atoms with Crippen LogP contribution in [0.2, 0.25) is 5.02 Å². The lowest BCUT2D eigenvalue weighted by molar-refractivity contribution is 0.355. The highest BCUT2D eigenvalue weighted by Gasteiger charge is 2.22. The molecule has 1 fully saturated rings. The lowest BCUT2D eigenvalue weighted by atomic mass is 10.1. The molecule has 1 atom stereocenters. The quantitative estimate of drug-likeness (QED) is 0.947. The summed E-state index contributed by atoms with van der Waals surface area (Å²) in [7, 11) is 0. The number of rotatable bonds is 3. The molecule has 0 radical (unpaired) electrons. The van der Waals surface area contributed by atoms with Crippen molar-refractivity contribution in [1.82, 2.24) is 15.5 Å². The van der Waals surface area contributed by atoms with Gasteiger partial charge in [0.15, 0.2) is 5.82 Å². The van der Waals surface area contributed by atoms with E-state index < -0.39 is 0 Å². The van der Waals surface area contributed by atoms with Gasteiger partial charge in [0.05, 0.1) is 5.92 Å². The molecule has 2 aromatic rings. The Morgan fingerprint density at radius 1 is 1.32 bits per heavy atom. The summed E-state index contributed by atoms with van der Waals surface area (Å²) in [6.07, 6.45) is 1.75. The third-order valence-corrected chi connectivity index (χ3v) is 3.42. The molecule has 0 saturated carbocycles. The van der Waals surface area contributed by atoms with Crippen molar-refractivity contribution in [3.05, 3.63) is 46.6 Å². The van der Waals surface area contributed by atoms with Gasteiger partial charge in [0.2, 0.25) is 5.89 Å². The van der Waals surface area contributed by atoms with Crippen LogP contribution in [0, 0.1) is 0 Å². The van der Waals surface area contributed by atoms with Crippen LogP contribution >= 0.6 is 24.0 Å². The van der Waals surface area contributed by atoms with Crippen molar-refractivity contribution in [3.8, 4) is 0 Å². The lowest BCUT2D eigenvalue weighted by Crippen LogP contribution is -2.08. The summed E-state index contributed by atoms with van der Waals surface area (Å²) in [5.74, 6) is 1.86. The highest BCUT2D eigenvalue weighted by molar-refractivity contribution is 6.30. The van der Waals surface area contributed by atoms with Gasteiger partial charge in [0, 0.05) is 18.0 Å². The highest BCUT2D eigenvalue weighted by Crippen LogP contribution is 2.21. The minimum absolute atomic E-state index is 0. The molecule has 4 nitrogen and oxygen atoms in total. The Balaban J connectivity index is 0.00000133. The van der Waals surface area contributed by atoms with Gasteiger partial charge in [0.25, 0.3) is 0 Å². The van der Waals surface area contributed by atoms with Gasteiger partial charge in [-0.3, -0.25) is 0 Å². The van der Waals surface area contributed by atoms with E-state index in [0.717, 1.165) is 41.8 Å². The fourth-order valence-electron chi connectivity index (χ4n) is 2.16. The van der Waals surface area contributed by atoms with Crippen molar-refractivity contribution < 1.29 is 4.52 Å². The topological polar surface area (TPSA) is 51.0 Å². The van der Waals surface area contributed by atoms with Crippen LogP contribution in [0.4, 0.5) is 0 Å². The second kappa shape index (κ2) is 6.37. The van der Waals surface area contributed by atoms with Gasteiger partial charge in [-0.1, -0.05) is 28.9 Å². The summed E-state index contributed by atoms with van der Waals surface area (Å²) < 4.78 is 5.32. The highest BCUT2D eigenvalue weighted by atomic mass is 35.5. The van der Waals surface area contributed by atoms with Crippen LogP contribution in [0.1, 0.15) is 29.6 Å². The summed E-state index contributed by atoms with van der Waals surface area (Å²) in [5.41, 5.74) is 1.14. The van der Waals surface area contributed by atoms with Gasteiger partial charge in [-0.2, -0.15) is 4.98 Å². The molecule has 19 heavy (non-hydrogen) atoms. The molecule has 3 rings (SSSR count). The van der Waals surface area contributed by atoms with E-state index in [2.05, 4.69) is 15.5 Å². The molecule has 0 spiro atoms. The summed E-state index contributed by atoms with van der Waals surface area (Å²) in [5, 5.41) is 8.07. The van der Waals surface area contributed by atoms with E-state index in [4.69, 9.17) is 16.1 Å². The van der Waals surface area contributed by atoms with E-state index in [-0.39, 0.29) is 12.4 Å². The van der Waals surface area contributed by atoms with E-state index in [1.54, 1.807) is 0 Å². The van der Waals surface area contributed by atoms with E-state index in [1.807, 2.05) is 24.3 Å². The predicted octanol–water partition coefficient (Wildman–Crippen LogP) is 2.81. The molecule has 1 N–H and O–H groups in total. The van der Waals surface area contributed by atoms with E-state index >= 15 is 0 Å². The van der Waals surface area contributed by atoms with E-state index in [0.29, 0.717) is 12.3 Å². The molecular weight excluding hydrogens is 285 g/mol. The molecule has 2 heterocycles. The average Bonchev–Trinajstić information content (AvgIpc) is 3.02. The Bertz CT molecular complexity index is 521. The van der Waals surface area contributed by atoms with E-state index in [9.17, 15) is 0 Å². The van der Waals surface area contributed by atoms with Gasteiger partial charge in [-0.05, 0) is 30.7 Å². The Kier molecular flexibility index (Phi) is 4.80. The van der Waals surface area contributed by atoms with Crippen molar-refractivity contribution in [2.24, 2.45) is 0 Å². The molecule has 1 aliphatic rings. The fraction of sp³-hybridized carbons (Fsp3) is 0.385. The SMILES string of the molecule is Cl.Clc1ccc(Cc2noc([C@@H]3CCNC3)n2)cc1. The van der Waals surface area contributed by atoms with Crippen LogP contribution < -0.4 is 5.32 Å². The zero-order chi connectivity index (χ0) is 12.4. The van der Waals surface area contributed by atoms with Crippen LogP contribution in [0.15, 0.2) is 28.8 Å². The number of nitrogens with one attached hydrogen (secondary N) is 1. The molecule has 0 amide bonds. The number of hydrogen-bond donors (Lipinski definition) is 1. The van der Waals surface area contributed by atoms with Crippen LogP contribution in [0.5, 0.6) is 0 Å². The molecule has 0 aliphatic carbocycles. The van der Waals surface area contributed by atoms with Crippen LogP contribution in [0.3, 0.4) is 0 Å². The average molecular weight is 300 g/mol. The minimum atomic E-state index is 0. The second-order valence-corrected chi connectivity index (χ2v) is 4.98. The van der Waals surface area contributed by atoms with Gasteiger partial charge >= 0.3 is 0 Å². The summed E-state index contributed by atoms with van der Waals surface area (Å²) in [4.78, 5) is 4.46. The first-order valence-electron chi connectivity index (χ1n) is 6.09. The zero-order valence-corrected chi connectivity index (χ0v) is 11.9. The first-order chi connectivity index (χ1) is 8.81. The molecule has 6 heteroatoms. The molecule has 0 unspecified atom stereocenters. The maximum Gasteiger partial charge on any atom is 0.231 e. The Hall–Kier alpha value is -1.10. The van der Waals surface area contributed by atoms with Crippen molar-refractivity contribution in [2.45, 2.75) is 18.8 Å². The third kappa shape index (κ3) is 3.47. The third-order valence-electron chi connectivity index (χ3n) is 3.17. The van der Waals surface area contributed by atoms with Crippen molar-refractivity contribution in [3.63, 3.8) is 0 Å². The Morgan fingerprint density at radius 3 is 2.79 bits per heavy atom. The van der Waals surface area contributed by atoms with Crippen LogP contribution in [-0.4, -0.2) is 23.2 Å². The van der Waals surface area contributed by atoms with Gasteiger partial charge in [-0.15, -0.1) is 12.4 Å². The second-order valence-electron chi connectivity index (χ2n) is 4.54. The van der Waals surface area contributed by atoms with Crippen molar-refractivity contribution >= 4 is 24.0 Å². The molecule has 1 aromatic carbocycles. The first kappa shape index (κ1) is 14.3. The summed E-state index contributed by atoms with van der Waals surface area (Å²) >= 11 is 5.85. The normalized spacial score (nSPS) is 18.3. The molecule has 1 saturated heterocycles. The number of hydrogen-bond acceptors (Lipinski definition) is 4. The summed E-state index contributed by atoms with van der Waals surface area (Å²) in [6.45, 7) is 1.96. The molecule has 1 aliphatic heterocycles. The first-order valence-corrected chi connectivity index (χ1v) is 6.47. The fourth-order valence-corrected chi connectivity index (χ4v) is 2.28. The maximum atomic E-state index is 5.85. The minimum Gasteiger partial charge on any atom is -0.339 e. The number of halogens is 2. The number of benzene rings is 1. The van der Waals surface area contributed by atoms with Gasteiger partial charge in [-0.25, -0.2) is 0 Å². The molecular formula is C13H15Cl2N3O. The van der Waals surface area contributed by atoms with Gasteiger partial charge in [0.1, 0.15) is 0 Å². The standard InChI is InChI=1S/C13H14ClN3O.ClH/c14-11-3-1-9(2-4-11)7-12-16-13(18-17-12)10-5-6-15-8-10;/h1-4,10,15H,5-8H2;1H/t10-;/m1./s1. The zero-order valence-electron chi connectivity index (χ0n) is 10.3. The van der Waals surface area contributed by atoms with Crippen molar-refractivity contribution in [1.29, 1.82) is 0 Å². The monoisotopic (exact) mass is 299 g/mol. The Morgan fingerprint density at radius 2 is 2.11 bits per heavy atom. The van der Waals surface area contributed by atoms with Crippen LogP contribution in [-0.2, 0) is 6.42 Å². The smallest absolute Gasteiger partial charge is 0.231 e. The predicted molar refractivity (Wildman–Crippen MR) is 76.0 cm³/mol. The lowest BCUT2D eigenvalue weighted by Gasteiger charge is -1.99. The maximum absolute atomic E-state index is 5.85. The van der Waals surface area contributed by atoms with Crippen LogP contribution in [0.25, 0.3) is 0 Å². The van der Waals surface area contributed by atoms with Gasteiger partial charge < -0.3 is 9.84 Å². The molecule has 1 aromatic heterocycles. The number of aromatic nitrogens is 2. The van der Waals surface area contributed by atoms with Crippen molar-refractivity contribution in [2.75, 3.05) is 13.1 Å². The number of nitrogens with zero attached hydrogens (tertiary/aromatic N) is 2. The Labute approximate surface area is 122 Å².